The summed E-state index contributed by atoms with van der Waals surface area (Å²) in [6, 6.07) is 7.74. The number of carbonyl (C=O) groups is 3. The van der Waals surface area contributed by atoms with Gasteiger partial charge in [0.2, 0.25) is 0 Å². The van der Waals surface area contributed by atoms with Gasteiger partial charge < -0.3 is 19.9 Å². The first-order valence-electron chi connectivity index (χ1n) is 9.58. The van der Waals surface area contributed by atoms with Gasteiger partial charge in [-0.15, -0.1) is 0 Å². The average molecular weight is 460 g/mol. The smallest absolute Gasteiger partial charge is 0.422 e. The van der Waals surface area contributed by atoms with Crippen LogP contribution in [0.5, 0.6) is 0 Å². The van der Waals surface area contributed by atoms with Crippen molar-refractivity contribution >= 4 is 28.4 Å². The molecule has 0 aliphatic carbocycles. The molecule has 0 heterocycles. The normalized spacial score (nSPS) is 12.5. The van der Waals surface area contributed by atoms with Crippen LogP contribution in [0.25, 0.3) is 0 Å². The largest absolute Gasteiger partial charge is 0.480 e. The number of hydrogen-bond donors (Lipinski definition) is 4. The molecule has 0 fully saturated rings. The van der Waals surface area contributed by atoms with Crippen LogP contribution >= 0.6 is 0 Å². The molecule has 1 aromatic carbocycles. The van der Waals surface area contributed by atoms with Crippen LogP contribution in [0.2, 0.25) is 0 Å². The third kappa shape index (κ3) is 12.4. The minimum atomic E-state index is -4.10. The van der Waals surface area contributed by atoms with Gasteiger partial charge in [-0.2, -0.15) is 13.1 Å². The van der Waals surface area contributed by atoms with E-state index in [9.17, 15) is 27.9 Å². The van der Waals surface area contributed by atoms with Crippen LogP contribution in [0.15, 0.2) is 30.3 Å². The summed E-state index contributed by atoms with van der Waals surface area (Å²) in [5.41, 5.74) is -0.0856. The van der Waals surface area contributed by atoms with Gasteiger partial charge in [0.25, 0.3) is 0 Å². The van der Waals surface area contributed by atoms with Gasteiger partial charge in [-0.3, -0.25) is 0 Å². The molecule has 1 aromatic rings. The van der Waals surface area contributed by atoms with E-state index in [0.717, 1.165) is 5.56 Å². The van der Waals surface area contributed by atoms with E-state index >= 15 is 0 Å². The Morgan fingerprint density at radius 3 is 2.29 bits per heavy atom. The molecule has 0 unspecified atom stereocenters. The first kappa shape index (κ1) is 26.2. The Bertz CT molecular complexity index is 837. The van der Waals surface area contributed by atoms with Gasteiger partial charge in [-0.25, -0.2) is 19.1 Å². The molecule has 0 aliphatic rings. The van der Waals surface area contributed by atoms with Crippen molar-refractivity contribution in [2.24, 2.45) is 0 Å². The third-order valence-corrected chi connectivity index (χ3v) is 4.65. The Morgan fingerprint density at radius 1 is 1.06 bits per heavy atom. The van der Waals surface area contributed by atoms with E-state index in [2.05, 4.69) is 10.0 Å². The van der Waals surface area contributed by atoms with Gasteiger partial charge in [0.05, 0.1) is 0 Å². The second kappa shape index (κ2) is 12.1. The number of amides is 2. The number of alkyl carbamates (subject to hydrolysis) is 1. The second-order valence-electron chi connectivity index (χ2n) is 7.59. The van der Waals surface area contributed by atoms with Crippen LogP contribution in [-0.4, -0.2) is 49.9 Å². The van der Waals surface area contributed by atoms with Crippen LogP contribution in [0.4, 0.5) is 9.59 Å². The van der Waals surface area contributed by atoms with Gasteiger partial charge in [0.15, 0.2) is 0 Å². The second-order valence-corrected chi connectivity index (χ2v) is 9.09. The fourth-order valence-corrected chi connectivity index (χ4v) is 3.04. The fourth-order valence-electron chi connectivity index (χ4n) is 2.29. The molecule has 0 aliphatic heterocycles. The number of nitrogens with one attached hydrogen (secondary N) is 3. The molecule has 2 amide bonds. The number of unbranched alkanes of at least 4 members (excludes halogenated alkanes) is 1. The van der Waals surface area contributed by atoms with E-state index in [4.69, 9.17) is 9.47 Å². The Balaban J connectivity index is 2.33. The highest BCUT2D eigenvalue weighted by molar-refractivity contribution is 7.88. The SMILES string of the molecule is CC(C)(C)OC(=O)NS(=O)(=O)NCCCC[C@@H](NC(=O)OCc1ccccc1)C(=O)O. The summed E-state index contributed by atoms with van der Waals surface area (Å²) >= 11 is 0. The summed E-state index contributed by atoms with van der Waals surface area (Å²) in [5.74, 6) is -1.23. The van der Waals surface area contributed by atoms with Crippen molar-refractivity contribution in [2.45, 2.75) is 58.3 Å². The summed E-state index contributed by atoms with van der Waals surface area (Å²) in [7, 11) is -4.10. The first-order valence-corrected chi connectivity index (χ1v) is 11.1. The molecule has 0 radical (unpaired) electrons. The minimum Gasteiger partial charge on any atom is -0.480 e. The Hall–Kier alpha value is -2.86. The number of benzene rings is 1. The zero-order valence-corrected chi connectivity index (χ0v) is 18.5. The number of ether oxygens (including phenoxy) is 2. The highest BCUT2D eigenvalue weighted by atomic mass is 32.2. The van der Waals surface area contributed by atoms with Crippen molar-refractivity contribution in [3.8, 4) is 0 Å². The maximum Gasteiger partial charge on any atom is 0.422 e. The molecule has 12 heteroatoms. The molecule has 4 N–H and O–H groups in total. The van der Waals surface area contributed by atoms with E-state index < -0.39 is 40.0 Å². The maximum absolute atomic E-state index is 11.8. The van der Waals surface area contributed by atoms with Gasteiger partial charge in [-0.05, 0) is 45.6 Å². The van der Waals surface area contributed by atoms with Gasteiger partial charge in [0.1, 0.15) is 18.2 Å². The predicted molar refractivity (Wildman–Crippen MR) is 111 cm³/mol. The number of carbonyl (C=O) groups excluding carboxylic acids is 2. The Morgan fingerprint density at radius 2 is 1.71 bits per heavy atom. The Labute approximate surface area is 181 Å². The summed E-state index contributed by atoms with van der Waals surface area (Å²) < 4.78 is 37.3. The molecule has 0 saturated heterocycles. The molecule has 0 bridgehead atoms. The Kier molecular flexibility index (Phi) is 10.2. The lowest BCUT2D eigenvalue weighted by molar-refractivity contribution is -0.139. The maximum atomic E-state index is 11.8. The average Bonchev–Trinajstić information content (AvgIpc) is 2.63. The summed E-state index contributed by atoms with van der Waals surface area (Å²) in [6.07, 6.45) is -1.33. The number of aliphatic carboxylic acids is 1. The molecule has 11 nitrogen and oxygen atoms in total. The monoisotopic (exact) mass is 459 g/mol. The lowest BCUT2D eigenvalue weighted by Gasteiger charge is -2.19. The quantitative estimate of drug-likeness (QED) is 0.365. The summed E-state index contributed by atoms with van der Waals surface area (Å²) in [4.78, 5) is 34.6. The predicted octanol–water partition coefficient (Wildman–Crippen LogP) is 1.90. The number of hydrogen-bond acceptors (Lipinski definition) is 7. The van der Waals surface area contributed by atoms with Crippen molar-refractivity contribution in [1.82, 2.24) is 14.8 Å². The van der Waals surface area contributed by atoms with E-state index in [-0.39, 0.29) is 26.0 Å². The van der Waals surface area contributed by atoms with Crippen LogP contribution in [-0.2, 0) is 31.1 Å². The number of carboxylic acid groups (broad SMARTS) is 1. The van der Waals surface area contributed by atoms with Crippen LogP contribution in [0.3, 0.4) is 0 Å². The lowest BCUT2D eigenvalue weighted by atomic mass is 10.1. The van der Waals surface area contributed by atoms with Crippen molar-refractivity contribution in [3.63, 3.8) is 0 Å². The molecule has 174 valence electrons. The number of rotatable bonds is 11. The van der Waals surface area contributed by atoms with Crippen molar-refractivity contribution in [2.75, 3.05) is 6.54 Å². The molecule has 31 heavy (non-hydrogen) atoms. The molecule has 1 rings (SSSR count). The highest BCUT2D eigenvalue weighted by Crippen LogP contribution is 2.07. The molecule has 0 spiro atoms. The van der Waals surface area contributed by atoms with E-state index in [1.54, 1.807) is 49.8 Å². The molecular formula is C19H29N3O8S. The third-order valence-electron chi connectivity index (χ3n) is 3.63. The van der Waals surface area contributed by atoms with Gasteiger partial charge >= 0.3 is 28.4 Å². The number of carboxylic acids is 1. The first-order chi connectivity index (χ1) is 14.4. The van der Waals surface area contributed by atoms with Crippen molar-refractivity contribution < 1.29 is 37.4 Å². The van der Waals surface area contributed by atoms with E-state index in [1.807, 2.05) is 6.07 Å². The molecule has 0 aromatic heterocycles. The minimum absolute atomic E-state index is 0.00540. The lowest BCUT2D eigenvalue weighted by Crippen LogP contribution is -2.43. The van der Waals surface area contributed by atoms with Crippen LogP contribution in [0, 0.1) is 0 Å². The highest BCUT2D eigenvalue weighted by Gasteiger charge is 2.22. The zero-order valence-electron chi connectivity index (χ0n) is 17.7. The van der Waals surface area contributed by atoms with Crippen LogP contribution < -0.4 is 14.8 Å². The summed E-state index contributed by atoms with van der Waals surface area (Å²) in [5, 5.41) is 11.5. The van der Waals surface area contributed by atoms with Crippen molar-refractivity contribution in [3.05, 3.63) is 35.9 Å². The molecular weight excluding hydrogens is 430 g/mol. The van der Waals surface area contributed by atoms with Gasteiger partial charge in [0, 0.05) is 6.54 Å². The topological polar surface area (TPSA) is 160 Å². The standard InChI is InChI=1S/C19H29N3O8S/c1-19(2,3)30-18(26)22-31(27,28)20-12-8-7-11-15(16(23)24)21-17(25)29-13-14-9-5-4-6-10-14/h4-6,9-10,15,20H,7-8,11-13H2,1-3H3,(H,21,25)(H,22,26)(H,23,24)/t15-/m1/s1. The van der Waals surface area contributed by atoms with Crippen LogP contribution in [0.1, 0.15) is 45.6 Å². The fraction of sp³-hybridized carbons (Fsp3) is 0.526. The van der Waals surface area contributed by atoms with E-state index in [0.29, 0.717) is 6.42 Å². The zero-order chi connectivity index (χ0) is 23.5. The van der Waals surface area contributed by atoms with Crippen molar-refractivity contribution in [1.29, 1.82) is 0 Å². The van der Waals surface area contributed by atoms with E-state index in [1.165, 1.54) is 0 Å². The molecule has 0 saturated carbocycles. The summed E-state index contributed by atoms with van der Waals surface area (Å²) in [6.45, 7) is 4.75. The van der Waals surface area contributed by atoms with Gasteiger partial charge in [-0.1, -0.05) is 30.3 Å². The molecule has 1 atom stereocenters.